The number of aryl methyl sites for hydroxylation is 1. The highest BCUT2D eigenvalue weighted by Gasteiger charge is 2.03. The second kappa shape index (κ2) is 8.29. The molecule has 0 atom stereocenters. The van der Waals surface area contributed by atoms with Gasteiger partial charge in [-0.15, -0.1) is 0 Å². The second-order valence-electron chi connectivity index (χ2n) is 4.87. The lowest BCUT2D eigenvalue weighted by Crippen LogP contribution is -2.32. The SMILES string of the molecule is COc1ccc(OCCNC(=O)Nc2ccc(C)c(Cl)c2)cc1. The molecule has 0 spiro atoms. The minimum atomic E-state index is -0.303. The van der Waals surface area contributed by atoms with E-state index in [0.717, 1.165) is 17.1 Å². The van der Waals surface area contributed by atoms with Crippen LogP contribution >= 0.6 is 11.6 Å². The maximum Gasteiger partial charge on any atom is 0.319 e. The van der Waals surface area contributed by atoms with Crippen LogP contribution in [0.5, 0.6) is 11.5 Å². The van der Waals surface area contributed by atoms with Gasteiger partial charge in [0.15, 0.2) is 0 Å². The van der Waals surface area contributed by atoms with E-state index in [1.54, 1.807) is 19.2 Å². The van der Waals surface area contributed by atoms with Gasteiger partial charge in [-0.05, 0) is 48.9 Å². The number of halogens is 1. The molecule has 0 fully saturated rings. The van der Waals surface area contributed by atoms with E-state index in [1.807, 2.05) is 37.3 Å². The average molecular weight is 335 g/mol. The number of anilines is 1. The molecule has 6 heteroatoms. The Kier molecular flexibility index (Phi) is 6.11. The number of amides is 2. The van der Waals surface area contributed by atoms with Crippen LogP contribution in [-0.4, -0.2) is 26.3 Å². The number of carbonyl (C=O) groups excluding carboxylic acids is 1. The molecule has 2 N–H and O–H groups in total. The van der Waals surface area contributed by atoms with Crippen molar-refractivity contribution in [2.45, 2.75) is 6.92 Å². The zero-order valence-electron chi connectivity index (χ0n) is 13.1. The molecular formula is C17H19ClN2O3. The zero-order valence-corrected chi connectivity index (χ0v) is 13.8. The summed E-state index contributed by atoms with van der Waals surface area (Å²) in [5.74, 6) is 1.49. The van der Waals surface area contributed by atoms with Crippen molar-refractivity contribution in [3.63, 3.8) is 0 Å². The van der Waals surface area contributed by atoms with E-state index in [4.69, 9.17) is 21.1 Å². The summed E-state index contributed by atoms with van der Waals surface area (Å²) in [6, 6.07) is 12.3. The Labute approximate surface area is 140 Å². The fourth-order valence-electron chi connectivity index (χ4n) is 1.85. The number of carbonyl (C=O) groups is 1. The Balaban J connectivity index is 1.70. The molecule has 0 bridgehead atoms. The normalized spacial score (nSPS) is 10.0. The van der Waals surface area contributed by atoms with Gasteiger partial charge in [-0.1, -0.05) is 17.7 Å². The predicted octanol–water partition coefficient (Wildman–Crippen LogP) is 3.86. The molecule has 2 rings (SSSR count). The highest BCUT2D eigenvalue weighted by molar-refractivity contribution is 6.31. The van der Waals surface area contributed by atoms with Crippen molar-refractivity contribution in [1.82, 2.24) is 5.32 Å². The predicted molar refractivity (Wildman–Crippen MR) is 91.7 cm³/mol. The molecule has 122 valence electrons. The van der Waals surface area contributed by atoms with Gasteiger partial charge in [-0.2, -0.15) is 0 Å². The van der Waals surface area contributed by atoms with E-state index in [-0.39, 0.29) is 6.03 Å². The first kappa shape index (κ1) is 17.0. The van der Waals surface area contributed by atoms with Crippen LogP contribution in [0.4, 0.5) is 10.5 Å². The third-order valence-electron chi connectivity index (χ3n) is 3.15. The highest BCUT2D eigenvalue weighted by atomic mass is 35.5. The van der Waals surface area contributed by atoms with Gasteiger partial charge in [0.2, 0.25) is 0 Å². The number of benzene rings is 2. The summed E-state index contributed by atoms with van der Waals surface area (Å²) < 4.78 is 10.6. The third-order valence-corrected chi connectivity index (χ3v) is 3.55. The van der Waals surface area contributed by atoms with Gasteiger partial charge in [-0.25, -0.2) is 4.79 Å². The van der Waals surface area contributed by atoms with Gasteiger partial charge >= 0.3 is 6.03 Å². The van der Waals surface area contributed by atoms with Crippen molar-refractivity contribution < 1.29 is 14.3 Å². The minimum Gasteiger partial charge on any atom is -0.497 e. The van der Waals surface area contributed by atoms with Crippen LogP contribution < -0.4 is 20.1 Å². The fourth-order valence-corrected chi connectivity index (χ4v) is 2.03. The van der Waals surface area contributed by atoms with E-state index >= 15 is 0 Å². The number of hydrogen-bond donors (Lipinski definition) is 2. The second-order valence-corrected chi connectivity index (χ2v) is 5.28. The summed E-state index contributed by atoms with van der Waals surface area (Å²) in [7, 11) is 1.61. The van der Waals surface area contributed by atoms with E-state index in [1.165, 1.54) is 0 Å². The summed E-state index contributed by atoms with van der Waals surface area (Å²) in [5, 5.41) is 6.05. The van der Waals surface area contributed by atoms with Crippen LogP contribution in [0.15, 0.2) is 42.5 Å². The molecule has 0 saturated carbocycles. The monoisotopic (exact) mass is 334 g/mol. The Bertz CT molecular complexity index is 659. The van der Waals surface area contributed by atoms with Crippen molar-refractivity contribution in [3.8, 4) is 11.5 Å². The van der Waals surface area contributed by atoms with E-state index in [0.29, 0.717) is 23.9 Å². The largest absolute Gasteiger partial charge is 0.497 e. The molecule has 2 aromatic rings. The first-order chi connectivity index (χ1) is 11.1. The summed E-state index contributed by atoms with van der Waals surface area (Å²) in [6.07, 6.45) is 0. The Morgan fingerprint density at radius 3 is 2.48 bits per heavy atom. The minimum absolute atomic E-state index is 0.303. The standard InChI is InChI=1S/C17H19ClN2O3/c1-12-3-4-13(11-16(12)18)20-17(21)19-9-10-23-15-7-5-14(22-2)6-8-15/h3-8,11H,9-10H2,1-2H3,(H2,19,20,21). The summed E-state index contributed by atoms with van der Waals surface area (Å²) in [5.41, 5.74) is 1.61. The molecule has 0 unspecified atom stereocenters. The number of rotatable bonds is 6. The summed E-state index contributed by atoms with van der Waals surface area (Å²) >= 11 is 6.01. The van der Waals surface area contributed by atoms with Crippen LogP contribution in [0.3, 0.4) is 0 Å². The Morgan fingerprint density at radius 1 is 1.13 bits per heavy atom. The summed E-state index contributed by atoms with van der Waals surface area (Å²) in [4.78, 5) is 11.8. The van der Waals surface area contributed by atoms with Crippen LogP contribution in [0.25, 0.3) is 0 Å². The number of ether oxygens (including phenoxy) is 2. The van der Waals surface area contributed by atoms with Crippen molar-refractivity contribution in [2.75, 3.05) is 25.6 Å². The molecule has 2 aromatic carbocycles. The van der Waals surface area contributed by atoms with Gasteiger partial charge in [0.25, 0.3) is 0 Å². The molecule has 0 aliphatic rings. The van der Waals surface area contributed by atoms with Gasteiger partial charge in [0.05, 0.1) is 13.7 Å². The molecule has 23 heavy (non-hydrogen) atoms. The molecule has 0 aliphatic carbocycles. The van der Waals surface area contributed by atoms with Crippen molar-refractivity contribution >= 4 is 23.3 Å². The topological polar surface area (TPSA) is 59.6 Å². The number of urea groups is 1. The smallest absolute Gasteiger partial charge is 0.319 e. The van der Waals surface area contributed by atoms with Gasteiger partial charge < -0.3 is 20.1 Å². The lowest BCUT2D eigenvalue weighted by molar-refractivity contribution is 0.247. The van der Waals surface area contributed by atoms with Crippen molar-refractivity contribution in [3.05, 3.63) is 53.1 Å². The molecular weight excluding hydrogens is 316 g/mol. The Hall–Kier alpha value is -2.40. The van der Waals surface area contributed by atoms with E-state index in [2.05, 4.69) is 10.6 Å². The van der Waals surface area contributed by atoms with Crippen LogP contribution in [0, 0.1) is 6.92 Å². The van der Waals surface area contributed by atoms with Gasteiger partial charge in [0, 0.05) is 10.7 Å². The Morgan fingerprint density at radius 2 is 1.83 bits per heavy atom. The molecule has 0 aliphatic heterocycles. The maximum atomic E-state index is 11.8. The number of nitrogens with one attached hydrogen (secondary N) is 2. The molecule has 2 amide bonds. The van der Waals surface area contributed by atoms with Crippen LogP contribution in [0.2, 0.25) is 5.02 Å². The lowest BCUT2D eigenvalue weighted by atomic mass is 10.2. The maximum absolute atomic E-state index is 11.8. The van der Waals surface area contributed by atoms with Crippen molar-refractivity contribution in [2.24, 2.45) is 0 Å². The van der Waals surface area contributed by atoms with Crippen molar-refractivity contribution in [1.29, 1.82) is 0 Å². The first-order valence-electron chi connectivity index (χ1n) is 7.16. The van der Waals surface area contributed by atoms with E-state index < -0.39 is 0 Å². The number of methoxy groups -OCH3 is 1. The van der Waals surface area contributed by atoms with Gasteiger partial charge in [0.1, 0.15) is 18.1 Å². The molecule has 0 radical (unpaired) electrons. The highest BCUT2D eigenvalue weighted by Crippen LogP contribution is 2.19. The van der Waals surface area contributed by atoms with E-state index in [9.17, 15) is 4.79 Å². The molecule has 0 aromatic heterocycles. The summed E-state index contributed by atoms with van der Waals surface area (Å²) in [6.45, 7) is 2.66. The quantitative estimate of drug-likeness (QED) is 0.789. The molecule has 5 nitrogen and oxygen atoms in total. The third kappa shape index (κ3) is 5.38. The fraction of sp³-hybridized carbons (Fsp3) is 0.235. The van der Waals surface area contributed by atoms with Gasteiger partial charge in [-0.3, -0.25) is 0 Å². The molecule has 0 saturated heterocycles. The molecule has 0 heterocycles. The first-order valence-corrected chi connectivity index (χ1v) is 7.54. The average Bonchev–Trinajstić information content (AvgIpc) is 2.55. The van der Waals surface area contributed by atoms with Crippen LogP contribution in [-0.2, 0) is 0 Å². The number of hydrogen-bond acceptors (Lipinski definition) is 3. The zero-order chi connectivity index (χ0) is 16.7. The van der Waals surface area contributed by atoms with Crippen LogP contribution in [0.1, 0.15) is 5.56 Å². The lowest BCUT2D eigenvalue weighted by Gasteiger charge is -2.10.